The van der Waals surface area contributed by atoms with Crippen LogP contribution in [-0.4, -0.2) is 0 Å². The Hall–Kier alpha value is -1.32. The van der Waals surface area contributed by atoms with Crippen LogP contribution in [0, 0.1) is 13.8 Å². The van der Waals surface area contributed by atoms with E-state index >= 15 is 0 Å². The molecule has 0 radical (unpaired) electrons. The van der Waals surface area contributed by atoms with Crippen molar-refractivity contribution in [1.82, 2.24) is 5.32 Å². The molecule has 2 nitrogen and oxygen atoms in total. The lowest BCUT2D eigenvalue weighted by molar-refractivity contribution is 0.700. The van der Waals surface area contributed by atoms with Crippen LogP contribution in [0.4, 0.5) is 5.69 Å². The quantitative estimate of drug-likeness (QED) is 0.813. The first-order chi connectivity index (χ1) is 8.15. The lowest BCUT2D eigenvalue weighted by Gasteiger charge is -2.06. The van der Waals surface area contributed by atoms with E-state index in [4.69, 9.17) is 5.73 Å². The van der Waals surface area contributed by atoms with Crippen molar-refractivity contribution in [2.24, 2.45) is 0 Å². The molecule has 0 fully saturated rings. The van der Waals surface area contributed by atoms with Gasteiger partial charge < -0.3 is 11.1 Å². The summed E-state index contributed by atoms with van der Waals surface area (Å²) in [6.07, 6.45) is 0. The van der Waals surface area contributed by atoms with E-state index in [0.29, 0.717) is 0 Å². The summed E-state index contributed by atoms with van der Waals surface area (Å²) in [5, 5.41) is 3.45. The van der Waals surface area contributed by atoms with Gasteiger partial charge in [0.1, 0.15) is 0 Å². The van der Waals surface area contributed by atoms with Crippen LogP contribution in [0.1, 0.15) is 20.9 Å². The first-order valence-corrected chi connectivity index (χ1v) is 6.58. The maximum absolute atomic E-state index is 5.79. The van der Waals surface area contributed by atoms with Crippen LogP contribution in [0.5, 0.6) is 0 Å². The summed E-state index contributed by atoms with van der Waals surface area (Å²) >= 11 is 1.85. The normalized spacial score (nSPS) is 10.7. The summed E-state index contributed by atoms with van der Waals surface area (Å²) in [7, 11) is 0. The topological polar surface area (TPSA) is 38.0 Å². The predicted molar refractivity (Wildman–Crippen MR) is 75.2 cm³/mol. The second kappa shape index (κ2) is 5.34. The Morgan fingerprint density at radius 1 is 1.12 bits per heavy atom. The van der Waals surface area contributed by atoms with E-state index in [1.54, 1.807) is 0 Å². The van der Waals surface area contributed by atoms with Gasteiger partial charge in [-0.25, -0.2) is 0 Å². The molecule has 0 aliphatic rings. The molecule has 2 rings (SSSR count). The molecule has 0 spiro atoms. The summed E-state index contributed by atoms with van der Waals surface area (Å²) in [4.78, 5) is 2.75. The van der Waals surface area contributed by atoms with Gasteiger partial charge in [-0.2, -0.15) is 0 Å². The van der Waals surface area contributed by atoms with E-state index in [1.165, 1.54) is 15.3 Å². The molecule has 17 heavy (non-hydrogen) atoms. The van der Waals surface area contributed by atoms with E-state index in [1.807, 2.05) is 24.3 Å². The molecule has 0 aliphatic carbocycles. The largest absolute Gasteiger partial charge is 0.399 e. The molecule has 3 heteroatoms. The lowest BCUT2D eigenvalue weighted by Crippen LogP contribution is -2.11. The molecule has 0 atom stereocenters. The van der Waals surface area contributed by atoms with Gasteiger partial charge in [0.15, 0.2) is 0 Å². The summed E-state index contributed by atoms with van der Waals surface area (Å²) in [5.74, 6) is 0. The van der Waals surface area contributed by atoms with Crippen LogP contribution in [0.15, 0.2) is 30.3 Å². The van der Waals surface area contributed by atoms with Crippen molar-refractivity contribution in [2.45, 2.75) is 26.9 Å². The third-order valence-corrected chi connectivity index (χ3v) is 3.76. The highest BCUT2D eigenvalue weighted by Gasteiger charge is 1.98. The zero-order chi connectivity index (χ0) is 12.3. The molecular weight excluding hydrogens is 228 g/mol. The predicted octanol–water partition coefficient (Wildman–Crippen LogP) is 3.24. The summed E-state index contributed by atoms with van der Waals surface area (Å²) in [6.45, 7) is 6.00. The Balaban J connectivity index is 1.87. The molecule has 0 saturated carbocycles. The number of rotatable bonds is 4. The maximum Gasteiger partial charge on any atom is 0.0343 e. The highest BCUT2D eigenvalue weighted by molar-refractivity contribution is 7.11. The van der Waals surface area contributed by atoms with Gasteiger partial charge in [-0.1, -0.05) is 12.1 Å². The number of hydrogen-bond donors (Lipinski definition) is 2. The second-order valence-electron chi connectivity index (χ2n) is 4.31. The average molecular weight is 246 g/mol. The Morgan fingerprint density at radius 2 is 1.94 bits per heavy atom. The number of anilines is 1. The minimum atomic E-state index is 0.864. The molecule has 0 saturated heterocycles. The van der Waals surface area contributed by atoms with Crippen LogP contribution in [0.2, 0.25) is 0 Å². The van der Waals surface area contributed by atoms with Crippen LogP contribution in [-0.2, 0) is 13.1 Å². The number of nitrogens with one attached hydrogen (secondary N) is 1. The Kier molecular flexibility index (Phi) is 3.82. The first kappa shape index (κ1) is 12.1. The molecular formula is C14H18N2S. The Labute approximate surface area is 106 Å². The molecule has 90 valence electrons. The number of aryl methyl sites for hydroxylation is 2. The van der Waals surface area contributed by atoms with Gasteiger partial charge in [0.25, 0.3) is 0 Å². The molecule has 1 aromatic carbocycles. The number of thiophene rings is 1. The standard InChI is InChI=1S/C14H18N2S/c1-10-7-12(4-6-14(10)15)8-16-9-13-5-3-11(2)17-13/h3-7,16H,8-9,15H2,1-2H3. The number of benzene rings is 1. The van der Waals surface area contributed by atoms with Crippen molar-refractivity contribution in [2.75, 3.05) is 5.73 Å². The third-order valence-electron chi connectivity index (χ3n) is 2.76. The molecule has 1 aromatic heterocycles. The number of nitrogens with two attached hydrogens (primary N) is 1. The molecule has 0 aliphatic heterocycles. The van der Waals surface area contributed by atoms with E-state index in [9.17, 15) is 0 Å². The second-order valence-corrected chi connectivity index (χ2v) is 5.68. The highest BCUT2D eigenvalue weighted by Crippen LogP contribution is 2.15. The number of nitrogen functional groups attached to an aromatic ring is 1. The van der Waals surface area contributed by atoms with Crippen molar-refractivity contribution in [3.05, 3.63) is 51.2 Å². The molecule has 0 bridgehead atoms. The first-order valence-electron chi connectivity index (χ1n) is 5.76. The van der Waals surface area contributed by atoms with Crippen molar-refractivity contribution in [1.29, 1.82) is 0 Å². The Bertz CT molecular complexity index is 503. The lowest BCUT2D eigenvalue weighted by atomic mass is 10.1. The van der Waals surface area contributed by atoms with Gasteiger partial charge in [-0.05, 0) is 43.2 Å². The van der Waals surface area contributed by atoms with Gasteiger partial charge in [0.2, 0.25) is 0 Å². The van der Waals surface area contributed by atoms with Crippen molar-refractivity contribution >= 4 is 17.0 Å². The number of hydrogen-bond acceptors (Lipinski definition) is 3. The fourth-order valence-corrected chi connectivity index (χ4v) is 2.62. The SMILES string of the molecule is Cc1ccc(CNCc2ccc(N)c(C)c2)s1. The van der Waals surface area contributed by atoms with E-state index in [0.717, 1.165) is 24.3 Å². The van der Waals surface area contributed by atoms with E-state index in [2.05, 4.69) is 36.5 Å². The van der Waals surface area contributed by atoms with Gasteiger partial charge in [-0.3, -0.25) is 0 Å². The van der Waals surface area contributed by atoms with Gasteiger partial charge in [0, 0.05) is 28.5 Å². The maximum atomic E-state index is 5.79. The fraction of sp³-hybridized carbons (Fsp3) is 0.286. The zero-order valence-corrected chi connectivity index (χ0v) is 11.1. The van der Waals surface area contributed by atoms with Crippen LogP contribution < -0.4 is 11.1 Å². The van der Waals surface area contributed by atoms with Gasteiger partial charge in [-0.15, -0.1) is 11.3 Å². The molecule has 1 heterocycles. The van der Waals surface area contributed by atoms with E-state index in [-0.39, 0.29) is 0 Å². The molecule has 0 amide bonds. The third kappa shape index (κ3) is 3.32. The minimum absolute atomic E-state index is 0.864. The summed E-state index contributed by atoms with van der Waals surface area (Å²) in [5.41, 5.74) is 9.09. The van der Waals surface area contributed by atoms with E-state index < -0.39 is 0 Å². The fourth-order valence-electron chi connectivity index (χ4n) is 1.76. The molecule has 3 N–H and O–H groups in total. The smallest absolute Gasteiger partial charge is 0.0343 e. The van der Waals surface area contributed by atoms with Crippen LogP contribution >= 0.6 is 11.3 Å². The van der Waals surface area contributed by atoms with Gasteiger partial charge >= 0.3 is 0 Å². The minimum Gasteiger partial charge on any atom is -0.399 e. The summed E-state index contributed by atoms with van der Waals surface area (Å²) in [6, 6.07) is 10.5. The highest BCUT2D eigenvalue weighted by atomic mass is 32.1. The average Bonchev–Trinajstić information content (AvgIpc) is 2.70. The van der Waals surface area contributed by atoms with Gasteiger partial charge in [0.05, 0.1) is 0 Å². The monoisotopic (exact) mass is 246 g/mol. The zero-order valence-electron chi connectivity index (χ0n) is 10.3. The molecule has 0 unspecified atom stereocenters. The van der Waals surface area contributed by atoms with Crippen molar-refractivity contribution < 1.29 is 0 Å². The Morgan fingerprint density at radius 3 is 2.59 bits per heavy atom. The van der Waals surface area contributed by atoms with Crippen LogP contribution in [0.3, 0.4) is 0 Å². The van der Waals surface area contributed by atoms with Crippen molar-refractivity contribution in [3.8, 4) is 0 Å². The molecule has 2 aromatic rings. The van der Waals surface area contributed by atoms with Crippen LogP contribution in [0.25, 0.3) is 0 Å². The summed E-state index contributed by atoms with van der Waals surface area (Å²) < 4.78 is 0. The van der Waals surface area contributed by atoms with Crippen molar-refractivity contribution in [3.63, 3.8) is 0 Å².